The van der Waals surface area contributed by atoms with E-state index in [-0.39, 0.29) is 13.0 Å². The lowest BCUT2D eigenvalue weighted by Gasteiger charge is -2.41. The number of carbonyl (C=O) groups excluding carboxylic acids is 1. The number of rotatable bonds is 45. The largest absolute Gasteiger partial charge is 0.472 e. The number of unbranched alkanes of at least 4 members (excludes halogenated alkanes) is 17. The predicted molar refractivity (Wildman–Crippen MR) is 285 cm³/mol. The minimum atomic E-state index is -5.04. The second-order valence-corrected chi connectivity index (χ2v) is 19.7. The summed E-state index contributed by atoms with van der Waals surface area (Å²) in [6, 6.07) is 0. The lowest BCUT2D eigenvalue weighted by atomic mass is 9.85. The predicted octanol–water partition coefficient (Wildman–Crippen LogP) is 12.6. The Morgan fingerprint density at radius 1 is 0.471 bits per heavy atom. The first-order valence-electron chi connectivity index (χ1n) is 27.1. The number of ether oxygens (including phenoxy) is 2. The van der Waals surface area contributed by atoms with E-state index in [0.29, 0.717) is 13.0 Å². The van der Waals surface area contributed by atoms with Gasteiger partial charge in [0.2, 0.25) is 0 Å². The number of hydrogen-bond donors (Lipinski definition) is 6. The van der Waals surface area contributed by atoms with E-state index in [4.69, 9.17) is 18.5 Å². The minimum absolute atomic E-state index is 0.0978. The van der Waals surface area contributed by atoms with Crippen LogP contribution in [0.5, 0.6) is 0 Å². The highest BCUT2D eigenvalue weighted by molar-refractivity contribution is 7.47. The molecule has 70 heavy (non-hydrogen) atoms. The van der Waals surface area contributed by atoms with Crippen LogP contribution in [-0.2, 0) is 27.9 Å². The van der Waals surface area contributed by atoms with Crippen LogP contribution in [-0.4, -0.2) is 98.9 Å². The van der Waals surface area contributed by atoms with E-state index in [0.717, 1.165) is 109 Å². The molecule has 0 aromatic carbocycles. The summed E-state index contributed by atoms with van der Waals surface area (Å²) < 4.78 is 34.3. The maximum absolute atomic E-state index is 12.9. The highest BCUT2D eigenvalue weighted by atomic mass is 31.2. The maximum atomic E-state index is 12.9. The van der Waals surface area contributed by atoms with Crippen LogP contribution >= 0.6 is 7.82 Å². The molecule has 6 atom stereocenters. The summed E-state index contributed by atoms with van der Waals surface area (Å²) in [6.45, 7) is 4.09. The van der Waals surface area contributed by atoms with Crippen LogP contribution in [0.1, 0.15) is 194 Å². The maximum Gasteiger partial charge on any atom is 0.472 e. The van der Waals surface area contributed by atoms with Crippen LogP contribution in [0.25, 0.3) is 0 Å². The molecule has 0 saturated heterocycles. The zero-order valence-corrected chi connectivity index (χ0v) is 44.2. The van der Waals surface area contributed by atoms with Gasteiger partial charge in [0.15, 0.2) is 0 Å². The Morgan fingerprint density at radius 2 is 0.843 bits per heavy atom. The molecule has 0 amide bonds. The third kappa shape index (κ3) is 37.1. The topological polar surface area (TPSA) is 192 Å². The molecule has 12 nitrogen and oxygen atoms in total. The Labute approximate surface area is 424 Å². The molecule has 13 heteroatoms. The Kier molecular flexibility index (Phi) is 43.0. The third-order valence-corrected chi connectivity index (χ3v) is 12.9. The van der Waals surface area contributed by atoms with Gasteiger partial charge in [-0.2, -0.15) is 0 Å². The molecule has 0 spiro atoms. The van der Waals surface area contributed by atoms with Crippen LogP contribution in [0, 0.1) is 0 Å². The van der Waals surface area contributed by atoms with Crippen LogP contribution in [0.2, 0.25) is 0 Å². The zero-order valence-electron chi connectivity index (χ0n) is 43.3. The summed E-state index contributed by atoms with van der Waals surface area (Å²) in [5.41, 5.74) is 0. The minimum Gasteiger partial charge on any atom is -0.457 e. The third-order valence-electron chi connectivity index (χ3n) is 11.9. The number of esters is 1. The average Bonchev–Trinajstić information content (AvgIpc) is 3.35. The fourth-order valence-corrected chi connectivity index (χ4v) is 8.66. The van der Waals surface area contributed by atoms with Crippen LogP contribution in [0.15, 0.2) is 97.2 Å². The zero-order chi connectivity index (χ0) is 51.2. The number of carbonyl (C=O) groups is 1. The lowest BCUT2D eigenvalue weighted by molar-refractivity contribution is -0.220. The van der Waals surface area contributed by atoms with Gasteiger partial charge in [-0.25, -0.2) is 4.57 Å². The van der Waals surface area contributed by atoms with Crippen molar-refractivity contribution in [2.45, 2.75) is 236 Å². The number of phosphoric acid groups is 1. The number of aliphatic hydroxyl groups excluding tert-OH is 5. The van der Waals surface area contributed by atoms with E-state index in [9.17, 15) is 39.8 Å². The van der Waals surface area contributed by atoms with Crippen molar-refractivity contribution < 1.29 is 58.3 Å². The highest BCUT2D eigenvalue weighted by Crippen LogP contribution is 2.47. The summed E-state index contributed by atoms with van der Waals surface area (Å²) in [5.74, 6) is -0.502. The van der Waals surface area contributed by atoms with Gasteiger partial charge < -0.3 is 39.9 Å². The van der Waals surface area contributed by atoms with Gasteiger partial charge in [0.25, 0.3) is 0 Å². The van der Waals surface area contributed by atoms with Crippen LogP contribution in [0.4, 0.5) is 0 Å². The molecule has 0 radical (unpaired) electrons. The quantitative estimate of drug-likeness (QED) is 0.0147. The summed E-state index contributed by atoms with van der Waals surface area (Å²) in [4.78, 5) is 23.3. The van der Waals surface area contributed by atoms with E-state index >= 15 is 0 Å². The second-order valence-electron chi connectivity index (χ2n) is 18.3. The Morgan fingerprint density at radius 3 is 1.29 bits per heavy atom. The normalized spacial score (nSPS) is 21.7. The molecule has 0 bridgehead atoms. The molecule has 1 aliphatic rings. The molecule has 0 aromatic rings. The molecule has 1 saturated carbocycles. The molecular formula is C57H97O12P. The molecule has 402 valence electrons. The van der Waals surface area contributed by atoms with Gasteiger partial charge >= 0.3 is 13.8 Å². The molecule has 0 aliphatic heterocycles. The molecule has 1 fully saturated rings. The first-order chi connectivity index (χ1) is 34.0. The molecule has 1 rings (SSSR count). The fourth-order valence-electron chi connectivity index (χ4n) is 7.68. The standard InChI is InChI=1S/C57H97O12P/c1-3-5-7-9-11-13-15-17-19-21-23-25-27-29-31-33-35-37-39-41-43-45-47-66-48-50(49-67-70(64,65)69-57-55(62)53(60)52(59)54(61)56(57)63)68-51(58)46-44-42-40-38-36-34-32-30-28-26-24-22-20-18-16-14-12-10-8-6-4-2/h6,8,12,14-15,17-18,20-21,23-24,26-27,29-30,32,50,52-57,59-63H,3-5,7,9-11,13,16,19,22,25,28,31,33-49H2,1-2H3,(H,64,65)/b8-6-,14-12-,17-15-,20-18-,23-21-,26-24-,29-27-,32-30-. The van der Waals surface area contributed by atoms with Crippen molar-refractivity contribution in [2.75, 3.05) is 19.8 Å². The van der Waals surface area contributed by atoms with Crippen molar-refractivity contribution in [1.82, 2.24) is 0 Å². The monoisotopic (exact) mass is 1000 g/mol. The summed E-state index contributed by atoms with van der Waals surface area (Å²) in [5, 5.41) is 50.4. The van der Waals surface area contributed by atoms with Crippen molar-refractivity contribution >= 4 is 13.8 Å². The van der Waals surface area contributed by atoms with Gasteiger partial charge in [0, 0.05) is 13.0 Å². The van der Waals surface area contributed by atoms with Crippen molar-refractivity contribution in [3.63, 3.8) is 0 Å². The van der Waals surface area contributed by atoms with Crippen molar-refractivity contribution in [1.29, 1.82) is 0 Å². The van der Waals surface area contributed by atoms with Gasteiger partial charge in [-0.15, -0.1) is 0 Å². The number of hydrogen-bond acceptors (Lipinski definition) is 11. The van der Waals surface area contributed by atoms with Crippen LogP contribution < -0.4 is 0 Å². The van der Waals surface area contributed by atoms with Gasteiger partial charge in [-0.1, -0.05) is 188 Å². The van der Waals surface area contributed by atoms with E-state index in [1.807, 2.05) is 0 Å². The van der Waals surface area contributed by atoms with E-state index in [1.165, 1.54) is 57.8 Å². The average molecular weight is 1010 g/mol. The van der Waals surface area contributed by atoms with Gasteiger partial charge in [-0.05, 0) is 96.3 Å². The fraction of sp³-hybridized carbons (Fsp3) is 0.702. The van der Waals surface area contributed by atoms with Crippen molar-refractivity contribution in [3.8, 4) is 0 Å². The van der Waals surface area contributed by atoms with Gasteiger partial charge in [-0.3, -0.25) is 13.8 Å². The molecule has 6 unspecified atom stereocenters. The number of phosphoric ester groups is 1. The van der Waals surface area contributed by atoms with Gasteiger partial charge in [0.1, 0.15) is 42.7 Å². The Bertz CT molecular complexity index is 1520. The summed E-state index contributed by atoms with van der Waals surface area (Å²) in [6.07, 6.45) is 51.8. The smallest absolute Gasteiger partial charge is 0.457 e. The second kappa shape index (κ2) is 46.1. The number of aliphatic hydroxyl groups is 5. The lowest BCUT2D eigenvalue weighted by Crippen LogP contribution is -2.64. The summed E-state index contributed by atoms with van der Waals surface area (Å²) >= 11 is 0. The summed E-state index contributed by atoms with van der Waals surface area (Å²) in [7, 11) is -5.04. The van der Waals surface area contributed by atoms with Crippen LogP contribution in [0.3, 0.4) is 0 Å². The van der Waals surface area contributed by atoms with Crippen molar-refractivity contribution in [2.24, 2.45) is 0 Å². The first-order valence-corrected chi connectivity index (χ1v) is 28.6. The SMILES string of the molecule is CC/C=C\C/C=C\C/C=C\C/C=C\C/C=C\CCCCCCCC(=O)OC(COCCCCCCCCC/C=C\C/C=C\C/C=C\CCCCCCC)COP(=O)(O)OC1C(O)C(O)C(O)C(O)C1O. The van der Waals surface area contributed by atoms with Crippen molar-refractivity contribution in [3.05, 3.63) is 97.2 Å². The van der Waals surface area contributed by atoms with E-state index in [2.05, 4.69) is 111 Å². The molecule has 1 aliphatic carbocycles. The van der Waals surface area contributed by atoms with E-state index in [1.54, 1.807) is 0 Å². The molecule has 0 aromatic heterocycles. The number of allylic oxidation sites excluding steroid dienone is 16. The molecule has 6 N–H and O–H groups in total. The highest BCUT2D eigenvalue weighted by Gasteiger charge is 2.51. The first kappa shape index (κ1) is 65.3. The molecule has 0 heterocycles. The van der Waals surface area contributed by atoms with E-state index < -0.39 is 63.1 Å². The molecular weight excluding hydrogens is 908 g/mol. The Hall–Kier alpha value is -2.74. The van der Waals surface area contributed by atoms with Gasteiger partial charge in [0.05, 0.1) is 13.2 Å². The Balaban J connectivity index is 2.36.